The van der Waals surface area contributed by atoms with Crippen molar-refractivity contribution < 1.29 is 42.6 Å². The Morgan fingerprint density at radius 1 is 0.786 bits per heavy atom. The Labute approximate surface area is 412 Å². The van der Waals surface area contributed by atoms with E-state index in [9.17, 15) is 28.8 Å². The number of nitrogens with zero attached hydrogens (tertiary/aromatic N) is 3. The summed E-state index contributed by atoms with van der Waals surface area (Å²) in [5.41, 5.74) is 9.35. The van der Waals surface area contributed by atoms with Gasteiger partial charge in [-0.25, -0.2) is 4.39 Å². The fraction of sp³-hybridized carbons (Fsp3) is 0.444. The predicted octanol–water partition coefficient (Wildman–Crippen LogP) is 7.11. The van der Waals surface area contributed by atoms with Crippen LogP contribution in [0.3, 0.4) is 0 Å². The van der Waals surface area contributed by atoms with E-state index < -0.39 is 41.4 Å². The average molecular weight is 976 g/mol. The monoisotopic (exact) mass is 974 g/mol. The first-order valence-corrected chi connectivity index (χ1v) is 25.0. The number of imide groups is 2. The van der Waals surface area contributed by atoms with Crippen molar-refractivity contribution in [2.24, 2.45) is 23.5 Å². The van der Waals surface area contributed by atoms with Crippen LogP contribution in [-0.4, -0.2) is 110 Å². The Kier molecular flexibility index (Phi) is 15.0. The lowest BCUT2D eigenvalue weighted by Crippen LogP contribution is -2.54. The molecule has 70 heavy (non-hydrogen) atoms. The number of anilines is 1. The van der Waals surface area contributed by atoms with Crippen molar-refractivity contribution in [1.29, 1.82) is 0 Å². The van der Waals surface area contributed by atoms with Gasteiger partial charge in [0.1, 0.15) is 12.6 Å². The maximum atomic E-state index is 16.2. The van der Waals surface area contributed by atoms with Gasteiger partial charge in [-0.15, -0.1) is 0 Å². The highest BCUT2D eigenvalue weighted by atomic mass is 35.5. The third-order valence-electron chi connectivity index (χ3n) is 15.3. The summed E-state index contributed by atoms with van der Waals surface area (Å²) in [6.45, 7) is 3.93. The second-order valence-electron chi connectivity index (χ2n) is 19.3. The number of likely N-dealkylation sites (tertiary alicyclic amines) is 1. The summed E-state index contributed by atoms with van der Waals surface area (Å²) in [4.78, 5) is 83.4. The Bertz CT molecular complexity index is 2640. The van der Waals surface area contributed by atoms with Crippen LogP contribution in [0.4, 0.5) is 10.1 Å². The molecule has 4 heterocycles. The van der Waals surface area contributed by atoms with Gasteiger partial charge in [-0.05, 0) is 117 Å². The summed E-state index contributed by atoms with van der Waals surface area (Å²) >= 11 is 6.76. The number of fused-ring (bicyclic) bond motifs is 1. The van der Waals surface area contributed by atoms with Gasteiger partial charge in [0.15, 0.2) is 11.6 Å². The molecule has 2 atom stereocenters. The molecule has 4 fully saturated rings. The molecule has 16 heteroatoms. The number of ether oxygens (including phenoxy) is 2. The molecule has 9 rings (SSSR count). The molecule has 4 aliphatic heterocycles. The topological polar surface area (TPSA) is 181 Å². The number of carbonyl (C=O) groups is 6. The van der Waals surface area contributed by atoms with Crippen LogP contribution in [0.15, 0.2) is 78.9 Å². The van der Waals surface area contributed by atoms with Crippen LogP contribution in [-0.2, 0) is 19.1 Å². The van der Waals surface area contributed by atoms with Crippen LogP contribution in [0.2, 0.25) is 5.02 Å². The van der Waals surface area contributed by atoms with Gasteiger partial charge < -0.3 is 30.3 Å². The molecular formula is C54H60ClFN6O8. The molecule has 1 saturated carbocycles. The predicted molar refractivity (Wildman–Crippen MR) is 262 cm³/mol. The first kappa shape index (κ1) is 48.8. The zero-order valence-corrected chi connectivity index (χ0v) is 40.2. The molecule has 6 amide bonds. The van der Waals surface area contributed by atoms with Crippen molar-refractivity contribution in [2.45, 2.75) is 82.2 Å². The van der Waals surface area contributed by atoms with Crippen molar-refractivity contribution in [2.75, 3.05) is 57.9 Å². The van der Waals surface area contributed by atoms with Gasteiger partial charge in [-0.2, -0.15) is 0 Å². The van der Waals surface area contributed by atoms with E-state index in [-0.39, 0.29) is 71.7 Å². The molecule has 2 unspecified atom stereocenters. The molecule has 368 valence electrons. The van der Waals surface area contributed by atoms with Crippen LogP contribution in [0.5, 0.6) is 5.75 Å². The number of rotatable bonds is 15. The number of halogens is 2. The van der Waals surface area contributed by atoms with Crippen molar-refractivity contribution in [3.05, 3.63) is 118 Å². The summed E-state index contributed by atoms with van der Waals surface area (Å²) in [7, 11) is 1.52. The highest BCUT2D eigenvalue weighted by molar-refractivity contribution is 6.33. The maximum Gasteiger partial charge on any atom is 0.264 e. The summed E-state index contributed by atoms with van der Waals surface area (Å²) in [6, 6.07) is 22.9. The van der Waals surface area contributed by atoms with E-state index in [1.165, 1.54) is 19.2 Å². The normalized spacial score (nSPS) is 21.7. The number of hydrogen-bond donors (Lipinski definition) is 3. The average Bonchev–Trinajstić information content (AvgIpc) is 3.63. The van der Waals surface area contributed by atoms with Gasteiger partial charge >= 0.3 is 0 Å². The Hall–Kier alpha value is -6.16. The van der Waals surface area contributed by atoms with Crippen molar-refractivity contribution in [1.82, 2.24) is 20.4 Å². The number of amides is 6. The van der Waals surface area contributed by atoms with Gasteiger partial charge in [0.05, 0.1) is 29.0 Å². The van der Waals surface area contributed by atoms with Gasteiger partial charge in [0, 0.05) is 80.3 Å². The van der Waals surface area contributed by atoms with Crippen LogP contribution >= 0.6 is 11.6 Å². The Morgan fingerprint density at radius 3 is 2.19 bits per heavy atom. The number of piperidine rings is 3. The van der Waals surface area contributed by atoms with Gasteiger partial charge in [-0.1, -0.05) is 54.1 Å². The third-order valence-corrected chi connectivity index (χ3v) is 15.6. The van der Waals surface area contributed by atoms with Crippen molar-refractivity contribution in [3.63, 3.8) is 0 Å². The molecule has 0 spiro atoms. The molecule has 0 bridgehead atoms. The molecule has 14 nitrogen and oxygen atoms in total. The molecule has 0 aromatic heterocycles. The highest BCUT2D eigenvalue weighted by Crippen LogP contribution is 2.41. The zero-order chi connectivity index (χ0) is 49.1. The number of methoxy groups -OCH3 is 1. The minimum atomic E-state index is -1.00. The number of hydrogen-bond acceptors (Lipinski definition) is 10. The number of carbonyl (C=O) groups excluding carboxylic acids is 6. The van der Waals surface area contributed by atoms with E-state index in [2.05, 4.69) is 32.6 Å². The molecule has 0 radical (unpaired) electrons. The fourth-order valence-electron chi connectivity index (χ4n) is 11.5. The second kappa shape index (κ2) is 21.5. The smallest absolute Gasteiger partial charge is 0.264 e. The fourth-order valence-corrected chi connectivity index (χ4v) is 11.7. The van der Waals surface area contributed by atoms with E-state index in [1.807, 2.05) is 36.4 Å². The molecular weight excluding hydrogens is 915 g/mol. The van der Waals surface area contributed by atoms with Crippen LogP contribution in [0.1, 0.15) is 112 Å². The second-order valence-corrected chi connectivity index (χ2v) is 19.7. The minimum Gasteiger partial charge on any atom is -0.488 e. The first-order chi connectivity index (χ1) is 33.9. The van der Waals surface area contributed by atoms with E-state index in [0.29, 0.717) is 40.8 Å². The van der Waals surface area contributed by atoms with Crippen molar-refractivity contribution >= 4 is 52.7 Å². The summed E-state index contributed by atoms with van der Waals surface area (Å²) < 4.78 is 26.9. The molecule has 5 aliphatic rings. The van der Waals surface area contributed by atoms with Crippen LogP contribution in [0.25, 0.3) is 11.1 Å². The lowest BCUT2D eigenvalue weighted by molar-refractivity contribution is -0.138. The quantitative estimate of drug-likeness (QED) is 0.0821. The highest BCUT2D eigenvalue weighted by Gasteiger charge is 2.46. The van der Waals surface area contributed by atoms with E-state index in [4.69, 9.17) is 26.8 Å². The lowest BCUT2D eigenvalue weighted by atomic mass is 9.78. The standard InChI is InChI=1S/C54H60ClFN6O8/c1-69-28-29-70-45-18-15-38(50(57)64)47(49(45)56)40-30-36(12-16-42(40)55)41(34-6-3-2-4-7-34)31-58-37-13-10-35(11-14-37)52(66)61-26-22-33(23-27-61)32-20-24-60(25-21-32)43-9-5-8-39-48(43)54(68)62(53(39)67)44-17-19-46(63)59-51(44)65/h2-9,12,15-16,18,30,32-33,35,37,41,44,58H,10-11,13-14,17,19-29,31H2,1H3,(H2,57,64)(H,59,63,65). The van der Waals surface area contributed by atoms with Gasteiger partial charge in [-0.3, -0.25) is 39.0 Å². The van der Waals surface area contributed by atoms with Crippen molar-refractivity contribution in [3.8, 4) is 16.9 Å². The first-order valence-electron chi connectivity index (χ1n) is 24.6. The maximum absolute atomic E-state index is 16.2. The van der Waals surface area contributed by atoms with Gasteiger partial charge in [0.25, 0.3) is 11.8 Å². The molecule has 4 aromatic rings. The number of nitrogens with two attached hydrogens (primary N) is 1. The minimum absolute atomic E-state index is 0.00498. The molecule has 4 N–H and O–H groups in total. The number of nitrogens with one attached hydrogen (secondary N) is 2. The third kappa shape index (κ3) is 10.1. The SMILES string of the molecule is COCCOc1ccc(C(N)=O)c(-c2cc(C(CNC3CCC(C(=O)N4CCC(C5CCN(c6cccc7c6C(=O)N(C6CCC(=O)NC6=O)C7=O)CC5)CC4)CC3)c3ccccc3)ccc2Cl)c1F. The molecule has 1 aliphatic carbocycles. The molecule has 4 aromatic carbocycles. The van der Waals surface area contributed by atoms with E-state index in [0.717, 1.165) is 93.6 Å². The van der Waals surface area contributed by atoms with E-state index >= 15 is 4.39 Å². The van der Waals surface area contributed by atoms with Crippen LogP contribution < -0.4 is 26.0 Å². The number of benzene rings is 4. The largest absolute Gasteiger partial charge is 0.488 e. The molecule has 3 saturated heterocycles. The summed E-state index contributed by atoms with van der Waals surface area (Å²) in [5.74, 6) is -2.47. The zero-order valence-electron chi connectivity index (χ0n) is 39.4. The Balaban J connectivity index is 0.775. The summed E-state index contributed by atoms with van der Waals surface area (Å²) in [5, 5.41) is 6.33. The van der Waals surface area contributed by atoms with Crippen LogP contribution in [0, 0.1) is 23.6 Å². The summed E-state index contributed by atoms with van der Waals surface area (Å²) in [6.07, 6.45) is 7.32. The number of primary amides is 1. The van der Waals surface area contributed by atoms with Gasteiger partial charge in [0.2, 0.25) is 23.6 Å². The Morgan fingerprint density at radius 2 is 1.50 bits per heavy atom. The van der Waals surface area contributed by atoms with E-state index in [1.54, 1.807) is 18.2 Å². The lowest BCUT2D eigenvalue weighted by Gasteiger charge is -2.42.